The van der Waals surface area contributed by atoms with Crippen LogP contribution in [0.2, 0.25) is 0 Å². The number of aromatic nitrogens is 2. The van der Waals surface area contributed by atoms with E-state index in [-0.39, 0.29) is 5.91 Å². The van der Waals surface area contributed by atoms with Crippen LogP contribution in [-0.2, 0) is 6.54 Å². The van der Waals surface area contributed by atoms with Crippen LogP contribution in [0.4, 0.5) is 0 Å². The second-order valence-corrected chi connectivity index (χ2v) is 6.31. The van der Waals surface area contributed by atoms with E-state index in [1.54, 1.807) is 12.4 Å². The van der Waals surface area contributed by atoms with Crippen molar-refractivity contribution in [3.8, 4) is 11.4 Å². The van der Waals surface area contributed by atoms with Crippen LogP contribution in [0.25, 0.3) is 11.4 Å². The number of hydrogen-bond acceptors (Lipinski definition) is 4. The number of benzene rings is 2. The molecule has 1 amide bonds. The Balaban J connectivity index is 1.52. The van der Waals surface area contributed by atoms with Gasteiger partial charge in [0, 0.05) is 43.2 Å². The Kier molecular flexibility index (Phi) is 4.71. The van der Waals surface area contributed by atoms with Gasteiger partial charge in [-0.3, -0.25) is 9.80 Å². The van der Waals surface area contributed by atoms with E-state index in [1.165, 1.54) is 0 Å². The van der Waals surface area contributed by atoms with Gasteiger partial charge < -0.3 is 0 Å². The molecule has 0 aliphatic carbocycles. The molecule has 0 unspecified atom stereocenters. The first-order chi connectivity index (χ1) is 12.8. The number of carbonyl (C=O) groups excluding carboxylic acids is 1. The zero-order chi connectivity index (χ0) is 17.8. The van der Waals surface area contributed by atoms with Crippen LogP contribution in [0.5, 0.6) is 0 Å². The van der Waals surface area contributed by atoms with Gasteiger partial charge in [0.25, 0.3) is 5.91 Å². The normalized spacial score (nSPS) is 14.5. The Labute approximate surface area is 152 Å². The highest BCUT2D eigenvalue weighted by Crippen LogP contribution is 2.21. The Hall–Kier alpha value is -3.05. The first-order valence-corrected chi connectivity index (χ1v) is 8.79. The maximum Gasteiger partial charge on any atom is 0.268 e. The van der Waals surface area contributed by atoms with E-state index >= 15 is 0 Å². The molecule has 1 aromatic heterocycles. The van der Waals surface area contributed by atoms with E-state index in [0.29, 0.717) is 12.4 Å². The third-order valence-electron chi connectivity index (χ3n) is 4.50. The maximum atomic E-state index is 12.8. The average Bonchev–Trinajstić information content (AvgIpc) is 3.17. The molecule has 4 rings (SSSR count). The number of amides is 1. The van der Waals surface area contributed by atoms with E-state index in [0.717, 1.165) is 36.2 Å². The van der Waals surface area contributed by atoms with Crippen molar-refractivity contribution in [2.24, 2.45) is 0 Å². The lowest BCUT2D eigenvalue weighted by atomic mass is 10.1. The largest absolute Gasteiger partial charge is 0.271 e. The minimum Gasteiger partial charge on any atom is -0.271 e. The molecule has 0 bridgehead atoms. The Bertz CT molecular complexity index is 883. The average molecular weight is 344 g/mol. The standard InChI is InChI=1S/C21H20N4O/c26-21(18-8-2-1-3-9-18)25-14-6-13-24(25)16-17-7-4-10-19(15-17)20-22-11-5-12-23-20/h1-5,7-12,15H,6,13-14,16H2. The quantitative estimate of drug-likeness (QED) is 0.728. The molecule has 2 heterocycles. The molecule has 1 fully saturated rings. The zero-order valence-electron chi connectivity index (χ0n) is 14.5. The monoisotopic (exact) mass is 344 g/mol. The SMILES string of the molecule is O=C(c1ccccc1)N1CCCN1Cc1cccc(-c2ncccn2)c1. The second-order valence-electron chi connectivity index (χ2n) is 6.31. The number of nitrogens with zero attached hydrogens (tertiary/aromatic N) is 4. The van der Waals surface area contributed by atoms with Crippen LogP contribution >= 0.6 is 0 Å². The summed E-state index contributed by atoms with van der Waals surface area (Å²) in [5.74, 6) is 0.777. The van der Waals surface area contributed by atoms with Gasteiger partial charge in [0.15, 0.2) is 5.82 Å². The zero-order valence-corrected chi connectivity index (χ0v) is 14.5. The van der Waals surface area contributed by atoms with Crippen LogP contribution in [-0.4, -0.2) is 39.0 Å². The predicted molar refractivity (Wildman–Crippen MR) is 100.0 cm³/mol. The maximum absolute atomic E-state index is 12.8. The van der Waals surface area contributed by atoms with E-state index in [4.69, 9.17) is 0 Å². The summed E-state index contributed by atoms with van der Waals surface area (Å²) in [5.41, 5.74) is 2.86. The Morgan fingerprint density at radius 1 is 0.923 bits per heavy atom. The lowest BCUT2D eigenvalue weighted by Gasteiger charge is -2.28. The molecule has 26 heavy (non-hydrogen) atoms. The van der Waals surface area contributed by atoms with E-state index in [1.807, 2.05) is 53.5 Å². The van der Waals surface area contributed by atoms with Gasteiger partial charge in [-0.25, -0.2) is 15.0 Å². The summed E-state index contributed by atoms with van der Waals surface area (Å²) in [7, 11) is 0. The molecule has 1 aliphatic rings. The molecule has 2 aromatic carbocycles. The lowest BCUT2D eigenvalue weighted by Crippen LogP contribution is -2.40. The third-order valence-corrected chi connectivity index (χ3v) is 4.50. The summed E-state index contributed by atoms with van der Waals surface area (Å²) in [6.07, 6.45) is 4.48. The molecule has 5 heteroatoms. The molecule has 1 aliphatic heterocycles. The minimum atomic E-state index is 0.0608. The molecule has 0 N–H and O–H groups in total. The van der Waals surface area contributed by atoms with Crippen molar-refractivity contribution in [2.45, 2.75) is 13.0 Å². The second kappa shape index (κ2) is 7.45. The van der Waals surface area contributed by atoms with Crippen molar-refractivity contribution in [3.05, 3.63) is 84.2 Å². The van der Waals surface area contributed by atoms with Gasteiger partial charge in [-0.15, -0.1) is 0 Å². The van der Waals surface area contributed by atoms with Crippen molar-refractivity contribution in [3.63, 3.8) is 0 Å². The van der Waals surface area contributed by atoms with Crippen molar-refractivity contribution in [1.82, 2.24) is 20.0 Å². The smallest absolute Gasteiger partial charge is 0.268 e. The van der Waals surface area contributed by atoms with E-state index < -0.39 is 0 Å². The number of rotatable bonds is 4. The van der Waals surface area contributed by atoms with Gasteiger partial charge in [0.1, 0.15) is 0 Å². The molecular formula is C21H20N4O. The van der Waals surface area contributed by atoms with Crippen molar-refractivity contribution < 1.29 is 4.79 Å². The van der Waals surface area contributed by atoms with Gasteiger partial charge >= 0.3 is 0 Å². The highest BCUT2D eigenvalue weighted by atomic mass is 16.2. The van der Waals surface area contributed by atoms with Gasteiger partial charge in [0.2, 0.25) is 0 Å². The summed E-state index contributed by atoms with van der Waals surface area (Å²) >= 11 is 0. The topological polar surface area (TPSA) is 49.3 Å². The van der Waals surface area contributed by atoms with Gasteiger partial charge in [-0.2, -0.15) is 0 Å². The molecule has 5 nitrogen and oxygen atoms in total. The molecule has 0 atom stereocenters. The molecule has 0 spiro atoms. The van der Waals surface area contributed by atoms with Crippen LogP contribution in [0.1, 0.15) is 22.3 Å². The third kappa shape index (κ3) is 3.48. The van der Waals surface area contributed by atoms with Gasteiger partial charge in [-0.1, -0.05) is 36.4 Å². The molecule has 3 aromatic rings. The Morgan fingerprint density at radius 2 is 1.73 bits per heavy atom. The highest BCUT2D eigenvalue weighted by molar-refractivity contribution is 5.94. The molecule has 130 valence electrons. The van der Waals surface area contributed by atoms with Crippen LogP contribution in [0, 0.1) is 0 Å². The van der Waals surface area contributed by atoms with Gasteiger partial charge in [0.05, 0.1) is 0 Å². The highest BCUT2D eigenvalue weighted by Gasteiger charge is 2.27. The number of carbonyl (C=O) groups is 1. The fourth-order valence-electron chi connectivity index (χ4n) is 3.26. The molecular weight excluding hydrogens is 324 g/mol. The number of hydrazine groups is 1. The van der Waals surface area contributed by atoms with Crippen LogP contribution < -0.4 is 0 Å². The van der Waals surface area contributed by atoms with E-state index in [2.05, 4.69) is 27.1 Å². The molecule has 0 saturated carbocycles. The minimum absolute atomic E-state index is 0.0608. The number of hydrogen-bond donors (Lipinski definition) is 0. The summed E-state index contributed by atoms with van der Waals surface area (Å²) in [6.45, 7) is 2.33. The first kappa shape index (κ1) is 16.4. The van der Waals surface area contributed by atoms with E-state index in [9.17, 15) is 4.79 Å². The fourth-order valence-corrected chi connectivity index (χ4v) is 3.26. The fraction of sp³-hybridized carbons (Fsp3) is 0.190. The van der Waals surface area contributed by atoms with Crippen LogP contribution in [0.15, 0.2) is 73.1 Å². The molecule has 1 saturated heterocycles. The van der Waals surface area contributed by atoms with Crippen LogP contribution in [0.3, 0.4) is 0 Å². The predicted octanol–water partition coefficient (Wildman–Crippen LogP) is 3.41. The Morgan fingerprint density at radius 3 is 2.54 bits per heavy atom. The first-order valence-electron chi connectivity index (χ1n) is 8.79. The summed E-state index contributed by atoms with van der Waals surface area (Å²) in [4.78, 5) is 21.4. The van der Waals surface area contributed by atoms with Crippen molar-refractivity contribution in [2.75, 3.05) is 13.1 Å². The van der Waals surface area contributed by atoms with Crippen molar-refractivity contribution in [1.29, 1.82) is 0 Å². The summed E-state index contributed by atoms with van der Waals surface area (Å²) in [5, 5.41) is 3.99. The summed E-state index contributed by atoms with van der Waals surface area (Å²) < 4.78 is 0. The summed E-state index contributed by atoms with van der Waals surface area (Å²) in [6, 6.07) is 19.5. The molecule has 0 radical (unpaired) electrons. The lowest BCUT2D eigenvalue weighted by molar-refractivity contribution is 0.0170. The van der Waals surface area contributed by atoms with Gasteiger partial charge in [-0.05, 0) is 36.2 Å². The van der Waals surface area contributed by atoms with Crippen molar-refractivity contribution >= 4 is 5.91 Å².